The van der Waals surface area contributed by atoms with Crippen LogP contribution in [0.4, 0.5) is 0 Å². The SMILES string of the molecule is Brc1cccnc1.O=CO. The van der Waals surface area contributed by atoms with Crippen molar-refractivity contribution in [2.75, 3.05) is 0 Å². The van der Waals surface area contributed by atoms with Gasteiger partial charge in [0.25, 0.3) is 6.47 Å². The highest BCUT2D eigenvalue weighted by Crippen LogP contribution is 2.02. The monoisotopic (exact) mass is 203 g/mol. The quantitative estimate of drug-likeness (QED) is 0.652. The summed E-state index contributed by atoms with van der Waals surface area (Å²) in [5.41, 5.74) is 0. The number of hydrogen-bond donors (Lipinski definition) is 1. The summed E-state index contributed by atoms with van der Waals surface area (Å²) in [6, 6.07) is 3.82. The predicted octanol–water partition coefficient (Wildman–Crippen LogP) is 1.54. The summed E-state index contributed by atoms with van der Waals surface area (Å²) in [5.74, 6) is 0. The van der Waals surface area contributed by atoms with Crippen molar-refractivity contribution in [3.8, 4) is 0 Å². The van der Waals surface area contributed by atoms with E-state index in [4.69, 9.17) is 9.90 Å². The third-order valence-corrected chi connectivity index (χ3v) is 1.09. The minimum absolute atomic E-state index is 0.250. The number of nitrogens with zero attached hydrogens (tertiary/aromatic N) is 1. The lowest BCUT2D eigenvalue weighted by Gasteiger charge is -1.80. The lowest BCUT2D eigenvalue weighted by molar-refractivity contribution is -0.122. The molecule has 54 valence electrons. The molecule has 0 atom stereocenters. The van der Waals surface area contributed by atoms with E-state index < -0.39 is 0 Å². The number of carboxylic acid groups (broad SMARTS) is 1. The van der Waals surface area contributed by atoms with E-state index in [1.54, 1.807) is 12.4 Å². The first kappa shape index (κ1) is 9.10. The van der Waals surface area contributed by atoms with Gasteiger partial charge >= 0.3 is 0 Å². The Balaban J connectivity index is 0.000000236. The van der Waals surface area contributed by atoms with E-state index in [0.717, 1.165) is 4.47 Å². The molecule has 1 aromatic rings. The van der Waals surface area contributed by atoms with Crippen LogP contribution in [0, 0.1) is 0 Å². The smallest absolute Gasteiger partial charge is 0.290 e. The Kier molecular flexibility index (Phi) is 5.66. The van der Waals surface area contributed by atoms with Gasteiger partial charge in [0.1, 0.15) is 0 Å². The Bertz CT molecular complexity index is 178. The fraction of sp³-hybridized carbons (Fsp3) is 0. The van der Waals surface area contributed by atoms with Gasteiger partial charge in [-0.1, -0.05) is 0 Å². The Morgan fingerprint density at radius 2 is 2.30 bits per heavy atom. The van der Waals surface area contributed by atoms with Crippen LogP contribution in [0.25, 0.3) is 0 Å². The summed E-state index contributed by atoms with van der Waals surface area (Å²) in [7, 11) is 0. The van der Waals surface area contributed by atoms with E-state index in [2.05, 4.69) is 20.9 Å². The number of rotatable bonds is 0. The fourth-order valence-electron chi connectivity index (χ4n) is 0.342. The fourth-order valence-corrected chi connectivity index (χ4v) is 0.613. The zero-order valence-corrected chi connectivity index (χ0v) is 6.65. The molecule has 0 saturated heterocycles. The third kappa shape index (κ3) is 5.24. The van der Waals surface area contributed by atoms with Crippen LogP contribution in [0.2, 0.25) is 0 Å². The highest BCUT2D eigenvalue weighted by molar-refractivity contribution is 9.10. The summed E-state index contributed by atoms with van der Waals surface area (Å²) < 4.78 is 1.02. The molecule has 0 aromatic carbocycles. The van der Waals surface area contributed by atoms with Crippen LogP contribution in [0.5, 0.6) is 0 Å². The summed E-state index contributed by atoms with van der Waals surface area (Å²) >= 11 is 3.25. The molecule has 0 saturated carbocycles. The van der Waals surface area contributed by atoms with Gasteiger partial charge in [0, 0.05) is 16.9 Å². The van der Waals surface area contributed by atoms with Crippen molar-refractivity contribution in [1.82, 2.24) is 4.98 Å². The summed E-state index contributed by atoms with van der Waals surface area (Å²) in [5, 5.41) is 6.89. The van der Waals surface area contributed by atoms with Gasteiger partial charge in [0.15, 0.2) is 0 Å². The van der Waals surface area contributed by atoms with E-state index in [0.29, 0.717) is 0 Å². The standard InChI is InChI=1S/C5H4BrN.CH2O2/c6-5-2-1-3-7-4-5;2-1-3/h1-4H;1H,(H,2,3). The number of aromatic nitrogens is 1. The first-order valence-electron chi connectivity index (χ1n) is 2.44. The van der Waals surface area contributed by atoms with Gasteiger partial charge in [-0.3, -0.25) is 9.78 Å². The van der Waals surface area contributed by atoms with Gasteiger partial charge in [-0.25, -0.2) is 0 Å². The van der Waals surface area contributed by atoms with E-state index >= 15 is 0 Å². The van der Waals surface area contributed by atoms with Crippen LogP contribution in [0.1, 0.15) is 0 Å². The molecular weight excluding hydrogens is 198 g/mol. The van der Waals surface area contributed by atoms with Crippen molar-refractivity contribution < 1.29 is 9.90 Å². The van der Waals surface area contributed by atoms with Crippen LogP contribution in [-0.2, 0) is 4.79 Å². The Morgan fingerprint density at radius 1 is 1.70 bits per heavy atom. The van der Waals surface area contributed by atoms with Gasteiger partial charge in [-0.05, 0) is 28.1 Å². The van der Waals surface area contributed by atoms with Crippen LogP contribution in [0.3, 0.4) is 0 Å². The van der Waals surface area contributed by atoms with Crippen molar-refractivity contribution in [1.29, 1.82) is 0 Å². The highest BCUT2D eigenvalue weighted by Gasteiger charge is 1.75. The van der Waals surface area contributed by atoms with Crippen molar-refractivity contribution >= 4 is 22.4 Å². The predicted molar refractivity (Wildman–Crippen MR) is 40.6 cm³/mol. The van der Waals surface area contributed by atoms with E-state index in [9.17, 15) is 0 Å². The highest BCUT2D eigenvalue weighted by atomic mass is 79.9. The number of halogens is 1. The number of carbonyl (C=O) groups is 1. The maximum atomic E-state index is 8.36. The number of pyridine rings is 1. The Hall–Kier alpha value is -0.900. The van der Waals surface area contributed by atoms with E-state index in [-0.39, 0.29) is 6.47 Å². The number of hydrogen-bond acceptors (Lipinski definition) is 2. The molecule has 4 heteroatoms. The third-order valence-electron chi connectivity index (χ3n) is 0.625. The lowest BCUT2D eigenvalue weighted by atomic mass is 10.5. The molecule has 0 fully saturated rings. The Morgan fingerprint density at radius 3 is 2.50 bits per heavy atom. The minimum Gasteiger partial charge on any atom is -0.483 e. The second-order valence-corrected chi connectivity index (χ2v) is 2.19. The second-order valence-electron chi connectivity index (χ2n) is 1.28. The molecule has 1 N–H and O–H groups in total. The molecule has 3 nitrogen and oxygen atoms in total. The zero-order chi connectivity index (χ0) is 7.82. The van der Waals surface area contributed by atoms with Crippen molar-refractivity contribution in [3.05, 3.63) is 29.0 Å². The van der Waals surface area contributed by atoms with Crippen molar-refractivity contribution in [3.63, 3.8) is 0 Å². The van der Waals surface area contributed by atoms with Gasteiger partial charge in [-0.2, -0.15) is 0 Å². The van der Waals surface area contributed by atoms with Crippen LogP contribution in [0.15, 0.2) is 29.0 Å². The normalized spacial score (nSPS) is 7.30. The molecule has 0 amide bonds. The van der Waals surface area contributed by atoms with Gasteiger partial charge in [-0.15, -0.1) is 0 Å². The average Bonchev–Trinajstić information content (AvgIpc) is 1.91. The molecule has 0 aliphatic heterocycles. The second kappa shape index (κ2) is 6.22. The summed E-state index contributed by atoms with van der Waals surface area (Å²) in [4.78, 5) is 12.2. The lowest BCUT2D eigenvalue weighted by Crippen LogP contribution is -1.64. The molecule has 1 rings (SSSR count). The first-order chi connectivity index (χ1) is 4.81. The maximum Gasteiger partial charge on any atom is 0.290 e. The topological polar surface area (TPSA) is 50.2 Å². The molecule has 10 heavy (non-hydrogen) atoms. The maximum absolute atomic E-state index is 8.36. The van der Waals surface area contributed by atoms with Crippen molar-refractivity contribution in [2.24, 2.45) is 0 Å². The molecular formula is C6H6BrNO2. The first-order valence-corrected chi connectivity index (χ1v) is 3.24. The van der Waals surface area contributed by atoms with E-state index in [1.807, 2.05) is 12.1 Å². The summed E-state index contributed by atoms with van der Waals surface area (Å²) in [6.45, 7) is -0.250. The average molecular weight is 204 g/mol. The van der Waals surface area contributed by atoms with E-state index in [1.165, 1.54) is 0 Å². The van der Waals surface area contributed by atoms with Gasteiger partial charge < -0.3 is 5.11 Å². The van der Waals surface area contributed by atoms with Crippen molar-refractivity contribution in [2.45, 2.75) is 0 Å². The molecule has 0 unspecified atom stereocenters. The van der Waals surface area contributed by atoms with Gasteiger partial charge in [0.05, 0.1) is 0 Å². The largest absolute Gasteiger partial charge is 0.483 e. The van der Waals surface area contributed by atoms with Crippen LogP contribution in [-0.4, -0.2) is 16.6 Å². The molecule has 0 spiro atoms. The minimum atomic E-state index is -0.250. The zero-order valence-electron chi connectivity index (χ0n) is 5.07. The van der Waals surface area contributed by atoms with Gasteiger partial charge in [0.2, 0.25) is 0 Å². The molecule has 0 aliphatic carbocycles. The Labute approximate surface area is 66.8 Å². The molecule has 0 bridgehead atoms. The van der Waals surface area contributed by atoms with Crippen LogP contribution < -0.4 is 0 Å². The molecule has 0 aliphatic rings. The van der Waals surface area contributed by atoms with Crippen LogP contribution >= 0.6 is 15.9 Å². The molecule has 0 radical (unpaired) electrons. The molecule has 1 heterocycles. The summed E-state index contributed by atoms with van der Waals surface area (Å²) in [6.07, 6.45) is 3.49. The molecule has 1 aromatic heterocycles.